The van der Waals surface area contributed by atoms with E-state index < -0.39 is 0 Å². The second-order valence-corrected chi connectivity index (χ2v) is 5.23. The number of ether oxygens (including phenoxy) is 2. The molecule has 0 saturated carbocycles. The lowest BCUT2D eigenvalue weighted by Gasteiger charge is -2.22. The fraction of sp³-hybridized carbons (Fsp3) is 0.385. The number of morpholine rings is 1. The Morgan fingerprint density at radius 3 is 3.12 bits per heavy atom. The topological polar surface area (TPSA) is 30.5 Å². The van der Waals surface area contributed by atoms with Crippen LogP contribution in [0, 0.1) is 0 Å². The minimum absolute atomic E-state index is 0.201. The molecule has 0 radical (unpaired) electrons. The van der Waals surface area contributed by atoms with Gasteiger partial charge >= 0.3 is 0 Å². The highest BCUT2D eigenvalue weighted by Crippen LogP contribution is 2.33. The summed E-state index contributed by atoms with van der Waals surface area (Å²) in [6.45, 7) is 2.65. The van der Waals surface area contributed by atoms with Crippen LogP contribution in [0.3, 0.4) is 0 Å². The Hall–Kier alpha value is -1.10. The zero-order valence-corrected chi connectivity index (χ0v) is 10.5. The van der Waals surface area contributed by atoms with Gasteiger partial charge in [0.05, 0.1) is 13.7 Å². The van der Waals surface area contributed by atoms with E-state index in [0.717, 1.165) is 25.4 Å². The number of hydrogen-bond donors (Lipinski definition) is 1. The number of fused-ring (bicyclic) bond motifs is 1. The summed E-state index contributed by atoms with van der Waals surface area (Å²) in [6.07, 6.45) is 0.201. The summed E-state index contributed by atoms with van der Waals surface area (Å²) < 4.78 is 12.3. The Morgan fingerprint density at radius 2 is 2.35 bits per heavy atom. The van der Waals surface area contributed by atoms with Gasteiger partial charge in [0.1, 0.15) is 11.9 Å². The maximum atomic E-state index is 5.77. The molecule has 2 heterocycles. The van der Waals surface area contributed by atoms with Crippen LogP contribution in [0.4, 0.5) is 0 Å². The number of nitrogens with one attached hydrogen (secondary N) is 1. The minimum Gasteiger partial charge on any atom is -0.497 e. The Kier molecular flexibility index (Phi) is 3.01. The van der Waals surface area contributed by atoms with E-state index in [2.05, 4.69) is 23.5 Å². The van der Waals surface area contributed by atoms with Gasteiger partial charge in [0.25, 0.3) is 0 Å². The smallest absolute Gasteiger partial charge is 0.120 e. The molecule has 1 aromatic carbocycles. The molecule has 1 fully saturated rings. The van der Waals surface area contributed by atoms with Crippen molar-refractivity contribution < 1.29 is 9.47 Å². The summed E-state index contributed by atoms with van der Waals surface area (Å²) >= 11 is 1.79. The third-order valence-electron chi connectivity index (χ3n) is 2.99. The average Bonchev–Trinajstić information content (AvgIpc) is 2.82. The third kappa shape index (κ3) is 2.16. The van der Waals surface area contributed by atoms with Crippen molar-refractivity contribution in [1.82, 2.24) is 5.32 Å². The second kappa shape index (κ2) is 4.64. The van der Waals surface area contributed by atoms with Gasteiger partial charge in [-0.05, 0) is 29.7 Å². The highest BCUT2D eigenvalue weighted by atomic mass is 32.1. The quantitative estimate of drug-likeness (QED) is 0.887. The van der Waals surface area contributed by atoms with Crippen LogP contribution < -0.4 is 10.1 Å². The monoisotopic (exact) mass is 249 g/mol. The van der Waals surface area contributed by atoms with Crippen LogP contribution in [0.25, 0.3) is 10.1 Å². The van der Waals surface area contributed by atoms with Crippen molar-refractivity contribution in [2.24, 2.45) is 0 Å². The van der Waals surface area contributed by atoms with Crippen molar-refractivity contribution >= 4 is 21.4 Å². The number of benzene rings is 1. The van der Waals surface area contributed by atoms with E-state index in [1.165, 1.54) is 15.0 Å². The molecule has 1 unspecified atom stereocenters. The summed E-state index contributed by atoms with van der Waals surface area (Å²) in [6, 6.07) is 8.40. The SMILES string of the molecule is COc1ccc2cc(C3CNCCO3)sc2c1. The van der Waals surface area contributed by atoms with Crippen LogP contribution in [0.2, 0.25) is 0 Å². The van der Waals surface area contributed by atoms with Gasteiger partial charge in [0.2, 0.25) is 0 Å². The van der Waals surface area contributed by atoms with Crippen molar-refractivity contribution in [3.8, 4) is 5.75 Å². The normalized spacial score (nSPS) is 20.6. The molecule has 3 nitrogen and oxygen atoms in total. The van der Waals surface area contributed by atoms with Gasteiger partial charge in [0, 0.05) is 22.7 Å². The van der Waals surface area contributed by atoms with Gasteiger partial charge in [-0.2, -0.15) is 0 Å². The van der Waals surface area contributed by atoms with E-state index in [0.29, 0.717) is 0 Å². The summed E-state index contributed by atoms with van der Waals surface area (Å²) in [5, 5.41) is 4.62. The Balaban J connectivity index is 1.95. The highest BCUT2D eigenvalue weighted by molar-refractivity contribution is 7.19. The van der Waals surface area contributed by atoms with E-state index in [4.69, 9.17) is 9.47 Å². The first-order chi connectivity index (χ1) is 8.36. The van der Waals surface area contributed by atoms with Crippen molar-refractivity contribution in [2.75, 3.05) is 26.8 Å². The lowest BCUT2D eigenvalue weighted by Crippen LogP contribution is -2.32. The molecule has 0 bridgehead atoms. The van der Waals surface area contributed by atoms with Crippen LogP contribution in [0.5, 0.6) is 5.75 Å². The van der Waals surface area contributed by atoms with Crippen LogP contribution in [0.1, 0.15) is 11.0 Å². The summed E-state index contributed by atoms with van der Waals surface area (Å²) in [5.74, 6) is 0.911. The Bertz CT molecular complexity index is 517. The fourth-order valence-corrected chi connectivity index (χ4v) is 3.21. The molecule has 0 aliphatic carbocycles. The van der Waals surface area contributed by atoms with Gasteiger partial charge in [-0.1, -0.05) is 0 Å². The largest absolute Gasteiger partial charge is 0.497 e. The number of hydrogen-bond acceptors (Lipinski definition) is 4. The first kappa shape index (κ1) is 11.0. The molecule has 90 valence electrons. The third-order valence-corrected chi connectivity index (χ3v) is 4.18. The zero-order chi connectivity index (χ0) is 11.7. The lowest BCUT2D eigenvalue weighted by atomic mass is 10.2. The first-order valence-electron chi connectivity index (χ1n) is 5.76. The Labute approximate surface area is 104 Å². The molecule has 0 spiro atoms. The second-order valence-electron chi connectivity index (χ2n) is 4.12. The number of thiophene rings is 1. The standard InChI is InChI=1S/C13H15NO2S/c1-15-10-3-2-9-6-13(17-12(9)7-10)11-8-14-4-5-16-11/h2-3,6-7,11,14H,4-5,8H2,1H3. The predicted molar refractivity (Wildman–Crippen MR) is 69.9 cm³/mol. The fourth-order valence-electron chi connectivity index (χ4n) is 2.07. The average molecular weight is 249 g/mol. The molecule has 4 heteroatoms. The summed E-state index contributed by atoms with van der Waals surface area (Å²) in [5.41, 5.74) is 0. The molecule has 1 aliphatic heterocycles. The maximum absolute atomic E-state index is 5.77. The molecule has 1 atom stereocenters. The molecule has 17 heavy (non-hydrogen) atoms. The molecule has 2 aromatic rings. The molecule has 1 N–H and O–H groups in total. The van der Waals surface area contributed by atoms with Gasteiger partial charge in [0.15, 0.2) is 0 Å². The van der Waals surface area contributed by atoms with Crippen LogP contribution in [-0.4, -0.2) is 26.8 Å². The number of rotatable bonds is 2. The summed E-state index contributed by atoms with van der Waals surface area (Å²) in [4.78, 5) is 1.29. The lowest BCUT2D eigenvalue weighted by molar-refractivity contribution is 0.0300. The summed E-state index contributed by atoms with van der Waals surface area (Å²) in [7, 11) is 1.70. The van der Waals surface area contributed by atoms with Crippen molar-refractivity contribution in [1.29, 1.82) is 0 Å². The predicted octanol–water partition coefficient (Wildman–Crippen LogP) is 2.57. The van der Waals surface area contributed by atoms with Gasteiger partial charge in [-0.25, -0.2) is 0 Å². The van der Waals surface area contributed by atoms with E-state index in [-0.39, 0.29) is 6.10 Å². The first-order valence-corrected chi connectivity index (χ1v) is 6.58. The molecule has 1 aromatic heterocycles. The maximum Gasteiger partial charge on any atom is 0.120 e. The van der Waals surface area contributed by atoms with E-state index in [1.807, 2.05) is 6.07 Å². The molecule has 1 aliphatic rings. The minimum atomic E-state index is 0.201. The van der Waals surface area contributed by atoms with E-state index in [1.54, 1.807) is 18.4 Å². The number of methoxy groups -OCH3 is 1. The van der Waals surface area contributed by atoms with Crippen molar-refractivity contribution in [3.63, 3.8) is 0 Å². The molecule has 3 rings (SSSR count). The highest BCUT2D eigenvalue weighted by Gasteiger charge is 2.18. The van der Waals surface area contributed by atoms with E-state index in [9.17, 15) is 0 Å². The Morgan fingerprint density at radius 1 is 1.41 bits per heavy atom. The van der Waals surface area contributed by atoms with E-state index >= 15 is 0 Å². The molecular weight excluding hydrogens is 234 g/mol. The molecule has 1 saturated heterocycles. The van der Waals surface area contributed by atoms with Crippen molar-refractivity contribution in [2.45, 2.75) is 6.10 Å². The van der Waals surface area contributed by atoms with Gasteiger partial charge in [-0.3, -0.25) is 0 Å². The molecule has 0 amide bonds. The van der Waals surface area contributed by atoms with Gasteiger partial charge in [-0.15, -0.1) is 11.3 Å². The van der Waals surface area contributed by atoms with Gasteiger partial charge < -0.3 is 14.8 Å². The van der Waals surface area contributed by atoms with Crippen molar-refractivity contribution in [3.05, 3.63) is 29.1 Å². The van der Waals surface area contributed by atoms with Crippen LogP contribution in [0.15, 0.2) is 24.3 Å². The molecular formula is C13H15NO2S. The van der Waals surface area contributed by atoms with Crippen LogP contribution in [-0.2, 0) is 4.74 Å². The zero-order valence-electron chi connectivity index (χ0n) is 9.73. The van der Waals surface area contributed by atoms with Crippen LogP contribution >= 0.6 is 11.3 Å².